The van der Waals surface area contributed by atoms with E-state index in [9.17, 15) is 71.9 Å². The summed E-state index contributed by atoms with van der Waals surface area (Å²) < 4.78 is 162. The van der Waals surface area contributed by atoms with Crippen molar-refractivity contribution in [2.45, 2.75) is 122 Å². The second-order valence-corrected chi connectivity index (χ2v) is 34.9. The molecule has 16 heterocycles. The topological polar surface area (TPSA) is 355 Å². The third-order valence-electron chi connectivity index (χ3n) is 24.0. The number of imidazole rings is 4. The van der Waals surface area contributed by atoms with Gasteiger partial charge in [0.05, 0.1) is 74.1 Å². The van der Waals surface area contributed by atoms with Gasteiger partial charge in [0.15, 0.2) is 46.1 Å². The molecule has 5 aliphatic rings. The number of alkyl halides is 12. The van der Waals surface area contributed by atoms with E-state index in [1.165, 1.54) is 46.5 Å². The van der Waals surface area contributed by atoms with Gasteiger partial charge in [-0.05, 0) is 104 Å². The molecule has 21 rings (SSSR count). The van der Waals surface area contributed by atoms with Crippen LogP contribution >= 0.6 is 0 Å². The summed E-state index contributed by atoms with van der Waals surface area (Å²) in [5.41, 5.74) is 7.56. The Balaban J connectivity index is 0.000000127. The number of hydrogen-bond acceptors (Lipinski definition) is 24. The highest BCUT2D eigenvalue weighted by atomic mass is 19.4. The van der Waals surface area contributed by atoms with Crippen LogP contribution in [0, 0.1) is 0 Å². The van der Waals surface area contributed by atoms with E-state index in [0.29, 0.717) is 98.9 Å². The summed E-state index contributed by atoms with van der Waals surface area (Å²) in [6.07, 6.45) is 2.27. The van der Waals surface area contributed by atoms with Crippen molar-refractivity contribution in [3.63, 3.8) is 0 Å². The average molecular weight is 1990 g/mol. The maximum Gasteiger partial charge on any atom is 0.434 e. The highest BCUT2D eigenvalue weighted by Crippen LogP contribution is 2.42. The molecule has 0 saturated heterocycles. The molecule has 145 heavy (non-hydrogen) atoms. The Bertz CT molecular complexity index is 7350. The number of amides is 4. The third kappa shape index (κ3) is 21.6. The van der Waals surface area contributed by atoms with Crippen LogP contribution in [-0.2, 0) is 124 Å². The molecule has 32 nitrogen and oxygen atoms in total. The molecule has 1 fully saturated rings. The van der Waals surface area contributed by atoms with Gasteiger partial charge in [-0.3, -0.25) is 38.8 Å². The van der Waals surface area contributed by atoms with E-state index in [-0.39, 0.29) is 105 Å². The molecule has 0 unspecified atom stereocenters. The van der Waals surface area contributed by atoms with Gasteiger partial charge in [0.1, 0.15) is 69.8 Å². The van der Waals surface area contributed by atoms with Gasteiger partial charge >= 0.3 is 24.7 Å². The number of halogens is 12. The Labute approximate surface area is 819 Å². The summed E-state index contributed by atoms with van der Waals surface area (Å²) in [6, 6.07) is 43.1. The van der Waals surface area contributed by atoms with Crippen LogP contribution < -0.4 is 40.9 Å². The van der Waals surface area contributed by atoms with Gasteiger partial charge in [0.2, 0.25) is 23.6 Å². The standard InChI is InChI=1S/C26H22F3N7O.C26H24F3N7O.C25H22F3N7O.C24H20F3N7O/c1-35-14-20(26(27,28)29)33-24(35)16-6-4-15(5-7-16)13-36-21(37)11-17-12-31-23(34-25(17)36)19-3-2-10-30-22(19)32-18-8-9-18;1-15(2)32-22-19(5-4-10-30-22)23-31-12-18-11-21(37)36(25(18)34-23)13-16-6-8-17(9-7-16)24-33-20(14-35(24)3)26(27,28)29;1-3-29-21-18(5-4-10-30-21)22-31-12-17-11-20(36)35(24(17)33-22)13-15-6-8-16(9-7-15)23-32-19(14-34(23)2)25(26,27)28;1-28-20-17(4-3-9-29-20)21-30-11-16-10-19(35)34(23(16)32-21)12-14-5-7-15(8-6-14)22-31-18(13-33(22)2)24(25,26)27/h2-7,10,12,14,18H,8-9,11,13H2,1H3,(H,30,32);4-10,12,14-15H,11,13H2,1-3H3,(H,30,32);4-10,12,14H,3,11,13H2,1-2H3,(H,29,30);3-9,11,13H,10,12H2,1-2H3,(H,28,29). The highest BCUT2D eigenvalue weighted by Gasteiger charge is 2.41. The number of rotatable bonds is 23. The molecule has 4 aromatic carbocycles. The SMILES string of the molecule is CC(C)Nc1ncccc1-c1ncc2c(n1)N(Cc1ccc(-c3nc(C(F)(F)F)cn3C)cc1)C(=O)C2.CCNc1ncccc1-c1ncc2c(n1)N(Cc1ccc(-c3nc(C(F)(F)F)cn3C)cc1)C(=O)C2.CNc1ncccc1-c1ncc2c(n1)N(Cc1ccc(-c3nc(C(F)(F)F)cn3C)cc1)C(=O)C2.Cn1cc(C(F)(F)F)nc1-c1ccc(CN2C(=O)Cc3cnc(-c4cccnc4NC4CC4)nc32)cc1. The summed E-state index contributed by atoms with van der Waals surface area (Å²) >= 11 is 0. The number of hydrogen-bond donors (Lipinski definition) is 4. The van der Waals surface area contributed by atoms with Gasteiger partial charge in [-0.15, -0.1) is 0 Å². The maximum atomic E-state index is 13.0. The van der Waals surface area contributed by atoms with Crippen molar-refractivity contribution in [1.29, 1.82) is 0 Å². The molecule has 4 N–H and O–H groups in total. The lowest BCUT2D eigenvalue weighted by molar-refractivity contribution is -0.141. The molecule has 12 aromatic heterocycles. The molecule has 0 atom stereocenters. The van der Waals surface area contributed by atoms with Crippen LogP contribution in [0.15, 0.2) is 220 Å². The predicted molar refractivity (Wildman–Crippen MR) is 514 cm³/mol. The Hall–Kier alpha value is -17.1. The highest BCUT2D eigenvalue weighted by molar-refractivity contribution is 6.03. The van der Waals surface area contributed by atoms with Crippen molar-refractivity contribution in [3.8, 4) is 91.1 Å². The average Bonchev–Trinajstić information content (AvgIpc) is 1.67. The van der Waals surface area contributed by atoms with Crippen molar-refractivity contribution in [1.82, 2.24) is 98.0 Å². The van der Waals surface area contributed by atoms with Crippen molar-refractivity contribution in [2.75, 3.05) is 54.5 Å². The quantitative estimate of drug-likeness (QED) is 0.0432. The second kappa shape index (κ2) is 40.1. The zero-order chi connectivity index (χ0) is 102. The van der Waals surface area contributed by atoms with E-state index in [4.69, 9.17) is 15.0 Å². The summed E-state index contributed by atoms with van der Waals surface area (Å²) in [5.74, 6) is 7.15. The minimum absolute atomic E-state index is 0.0908. The fourth-order valence-corrected chi connectivity index (χ4v) is 16.7. The molecule has 0 spiro atoms. The van der Waals surface area contributed by atoms with Gasteiger partial charge < -0.3 is 39.5 Å². The molecule has 4 amide bonds. The van der Waals surface area contributed by atoms with Gasteiger partial charge in [-0.2, -0.15) is 52.7 Å². The minimum atomic E-state index is -4.51. The summed E-state index contributed by atoms with van der Waals surface area (Å²) in [5, 5.41) is 12.9. The largest absolute Gasteiger partial charge is 0.434 e. The Morgan fingerprint density at radius 2 is 0.593 bits per heavy atom. The number of carbonyl (C=O) groups is 4. The summed E-state index contributed by atoms with van der Waals surface area (Å²) in [7, 11) is 7.84. The Morgan fingerprint density at radius 1 is 0.338 bits per heavy atom. The van der Waals surface area contributed by atoms with Gasteiger partial charge in [0, 0.05) is 173 Å². The molecular weight excluding hydrogens is 1900 g/mol. The van der Waals surface area contributed by atoms with Gasteiger partial charge in [-0.25, -0.2) is 79.7 Å². The monoisotopic (exact) mass is 1980 g/mol. The number of benzene rings is 4. The first kappa shape index (κ1) is 98.1. The number of aryl methyl sites for hydroxylation is 4. The van der Waals surface area contributed by atoms with E-state index >= 15 is 0 Å². The number of anilines is 8. The number of fused-ring (bicyclic) bond motifs is 4. The number of carbonyl (C=O) groups excluding carboxylic acids is 4. The minimum Gasteiger partial charge on any atom is -0.373 e. The maximum absolute atomic E-state index is 13.0. The Morgan fingerprint density at radius 3 is 0.848 bits per heavy atom. The van der Waals surface area contributed by atoms with Gasteiger partial charge in [-0.1, -0.05) is 97.1 Å². The predicted octanol–water partition coefficient (Wildman–Crippen LogP) is 18.1. The summed E-state index contributed by atoms with van der Waals surface area (Å²) in [4.78, 5) is 127. The molecule has 0 bridgehead atoms. The molecule has 0 radical (unpaired) electrons. The van der Waals surface area contributed by atoms with E-state index in [2.05, 4.69) is 86.1 Å². The van der Waals surface area contributed by atoms with E-state index in [1.807, 2.05) is 51.1 Å². The van der Waals surface area contributed by atoms with Crippen LogP contribution in [0.5, 0.6) is 0 Å². The van der Waals surface area contributed by atoms with Crippen LogP contribution in [0.2, 0.25) is 0 Å². The van der Waals surface area contributed by atoms with E-state index in [0.717, 1.165) is 110 Å². The molecule has 740 valence electrons. The zero-order valence-corrected chi connectivity index (χ0v) is 78.6. The lowest BCUT2D eigenvalue weighted by atomic mass is 10.1. The second-order valence-electron chi connectivity index (χ2n) is 34.9. The van der Waals surface area contributed by atoms with Crippen LogP contribution in [0.1, 0.15) is 101 Å². The van der Waals surface area contributed by atoms with Crippen molar-refractivity contribution >= 4 is 70.2 Å². The first-order chi connectivity index (χ1) is 69.3. The van der Waals surface area contributed by atoms with Crippen molar-refractivity contribution < 1.29 is 71.9 Å². The summed E-state index contributed by atoms with van der Waals surface area (Å²) in [6.45, 7) is 7.75. The lowest BCUT2D eigenvalue weighted by Crippen LogP contribution is -2.26. The number of pyridine rings is 4. The fourth-order valence-electron chi connectivity index (χ4n) is 16.7. The molecule has 16 aromatic rings. The van der Waals surface area contributed by atoms with Crippen LogP contribution in [-0.4, -0.2) is 147 Å². The molecule has 44 heteroatoms. The molecule has 1 aliphatic carbocycles. The molecular formula is C101H88F12N28O4. The number of nitrogens with one attached hydrogen (secondary N) is 4. The van der Waals surface area contributed by atoms with E-state index < -0.39 is 47.5 Å². The first-order valence-electron chi connectivity index (χ1n) is 45.6. The van der Waals surface area contributed by atoms with Crippen LogP contribution in [0.25, 0.3) is 91.1 Å². The van der Waals surface area contributed by atoms with Crippen LogP contribution in [0.4, 0.5) is 99.2 Å². The third-order valence-corrected chi connectivity index (χ3v) is 24.0. The fraction of sp³-hybridized carbons (Fsp3) is 0.248. The molecule has 4 aliphatic heterocycles. The number of nitrogens with zero attached hydrogens (tertiary/aromatic N) is 24. The smallest absolute Gasteiger partial charge is 0.373 e. The Kier molecular flexibility index (Phi) is 27.1. The molecule has 1 saturated carbocycles. The van der Waals surface area contributed by atoms with Crippen molar-refractivity contribution in [3.05, 3.63) is 287 Å². The van der Waals surface area contributed by atoms with Crippen LogP contribution in [0.3, 0.4) is 0 Å². The zero-order valence-electron chi connectivity index (χ0n) is 78.6. The number of aromatic nitrogens is 20. The van der Waals surface area contributed by atoms with E-state index in [1.54, 1.807) is 191 Å². The first-order valence-corrected chi connectivity index (χ1v) is 45.6. The lowest BCUT2D eigenvalue weighted by Gasteiger charge is -2.18. The van der Waals surface area contributed by atoms with Gasteiger partial charge in [0.25, 0.3) is 0 Å². The normalized spacial score (nSPS) is 13.8. The van der Waals surface area contributed by atoms with Crippen molar-refractivity contribution in [2.24, 2.45) is 28.2 Å².